The van der Waals surface area contributed by atoms with E-state index in [0.717, 1.165) is 6.26 Å². The van der Waals surface area contributed by atoms with Crippen LogP contribution in [-0.2, 0) is 21.2 Å². The van der Waals surface area contributed by atoms with Gasteiger partial charge in [0.05, 0.1) is 28.0 Å². The number of halogens is 1. The summed E-state index contributed by atoms with van der Waals surface area (Å²) in [7, 11) is -4.02. The minimum Gasteiger partial charge on any atom is -0.480 e. The first-order chi connectivity index (χ1) is 11.1. The summed E-state index contributed by atoms with van der Waals surface area (Å²) in [5, 5.41) is 9.00. The van der Waals surface area contributed by atoms with E-state index in [-0.39, 0.29) is 21.7 Å². The third-order valence-corrected chi connectivity index (χ3v) is 4.85. The standard InChI is InChI=1S/C13H14ClN3O6S/c1-3-6-4-7-10(16-13(21)12(20)15-7)11(9(6)14)17(5-8(18)19)24(2,22)23/h4H,3,5H2,1-2H3,(H,15,20)(H,16,21)(H,18,19). The molecule has 1 aromatic carbocycles. The average Bonchev–Trinajstić information content (AvgIpc) is 2.46. The fourth-order valence-corrected chi connectivity index (χ4v) is 3.54. The minimum atomic E-state index is -4.02. The van der Waals surface area contributed by atoms with Crippen LogP contribution in [0.15, 0.2) is 15.7 Å². The number of carboxylic acid groups (broad SMARTS) is 1. The van der Waals surface area contributed by atoms with E-state index in [2.05, 4.69) is 9.97 Å². The van der Waals surface area contributed by atoms with Crippen LogP contribution in [0.25, 0.3) is 11.0 Å². The zero-order valence-electron chi connectivity index (χ0n) is 12.7. The van der Waals surface area contributed by atoms with Gasteiger partial charge in [0.1, 0.15) is 6.54 Å². The topological polar surface area (TPSA) is 140 Å². The molecular formula is C13H14ClN3O6S. The number of hydrogen-bond donors (Lipinski definition) is 3. The summed E-state index contributed by atoms with van der Waals surface area (Å²) in [5.74, 6) is -1.40. The number of rotatable bonds is 5. The summed E-state index contributed by atoms with van der Waals surface area (Å²) in [6.07, 6.45) is 1.22. The van der Waals surface area contributed by atoms with E-state index in [1.165, 1.54) is 6.07 Å². The van der Waals surface area contributed by atoms with Crippen LogP contribution in [0.3, 0.4) is 0 Å². The molecule has 0 bridgehead atoms. The van der Waals surface area contributed by atoms with Crippen LogP contribution in [0.5, 0.6) is 0 Å². The molecule has 3 N–H and O–H groups in total. The van der Waals surface area contributed by atoms with Gasteiger partial charge in [-0.3, -0.25) is 18.7 Å². The number of aryl methyl sites for hydroxylation is 1. The lowest BCUT2D eigenvalue weighted by atomic mass is 10.1. The SMILES string of the molecule is CCc1cc2[nH]c(=O)c(=O)[nH]c2c(N(CC(=O)O)S(C)(=O)=O)c1Cl. The number of aromatic nitrogens is 2. The molecule has 0 aliphatic rings. The second-order valence-corrected chi connectivity index (χ2v) is 7.33. The number of aliphatic carboxylic acids is 1. The molecule has 0 atom stereocenters. The minimum absolute atomic E-state index is 0.0145. The molecule has 1 aromatic heterocycles. The van der Waals surface area contributed by atoms with Crippen LogP contribution < -0.4 is 15.4 Å². The van der Waals surface area contributed by atoms with Gasteiger partial charge in [-0.1, -0.05) is 18.5 Å². The molecule has 1 heterocycles. The van der Waals surface area contributed by atoms with Crippen molar-refractivity contribution in [2.24, 2.45) is 0 Å². The van der Waals surface area contributed by atoms with Gasteiger partial charge in [0.2, 0.25) is 10.0 Å². The molecule has 0 saturated carbocycles. The van der Waals surface area contributed by atoms with E-state index in [1.807, 2.05) is 0 Å². The Labute approximate surface area is 140 Å². The van der Waals surface area contributed by atoms with Crippen molar-refractivity contribution in [1.82, 2.24) is 9.97 Å². The van der Waals surface area contributed by atoms with Gasteiger partial charge in [-0.2, -0.15) is 0 Å². The number of sulfonamides is 1. The first-order valence-corrected chi connectivity index (χ1v) is 8.96. The quantitative estimate of drug-likeness (QED) is 0.641. The Morgan fingerprint density at radius 1 is 1.29 bits per heavy atom. The number of carboxylic acids is 1. The molecule has 2 aromatic rings. The maximum atomic E-state index is 12.1. The molecular weight excluding hydrogens is 362 g/mol. The fourth-order valence-electron chi connectivity index (χ4n) is 2.25. The van der Waals surface area contributed by atoms with Crippen molar-refractivity contribution in [1.29, 1.82) is 0 Å². The molecule has 0 aliphatic carbocycles. The Hall–Kier alpha value is -2.33. The zero-order chi connectivity index (χ0) is 18.2. The second-order valence-electron chi connectivity index (χ2n) is 5.05. The monoisotopic (exact) mass is 375 g/mol. The number of fused-ring (bicyclic) bond motifs is 1. The second kappa shape index (κ2) is 6.29. The molecule has 24 heavy (non-hydrogen) atoms. The van der Waals surface area contributed by atoms with Gasteiger partial charge >= 0.3 is 17.1 Å². The number of H-pyrrole nitrogens is 2. The van der Waals surface area contributed by atoms with Gasteiger partial charge in [0.15, 0.2) is 0 Å². The summed E-state index contributed by atoms with van der Waals surface area (Å²) in [4.78, 5) is 38.8. The molecule has 0 amide bonds. The molecule has 0 radical (unpaired) electrons. The zero-order valence-corrected chi connectivity index (χ0v) is 14.3. The smallest absolute Gasteiger partial charge is 0.324 e. The van der Waals surface area contributed by atoms with Gasteiger partial charge in [0.25, 0.3) is 0 Å². The molecule has 0 unspecified atom stereocenters. The highest BCUT2D eigenvalue weighted by molar-refractivity contribution is 7.92. The Kier molecular flexibility index (Phi) is 4.72. The molecule has 11 heteroatoms. The number of hydrogen-bond acceptors (Lipinski definition) is 5. The van der Waals surface area contributed by atoms with Crippen molar-refractivity contribution in [3.63, 3.8) is 0 Å². The maximum absolute atomic E-state index is 12.1. The lowest BCUT2D eigenvalue weighted by molar-refractivity contribution is -0.135. The number of carbonyl (C=O) groups is 1. The Morgan fingerprint density at radius 3 is 2.38 bits per heavy atom. The molecule has 9 nitrogen and oxygen atoms in total. The normalized spacial score (nSPS) is 11.6. The highest BCUT2D eigenvalue weighted by atomic mass is 35.5. The van der Waals surface area contributed by atoms with Gasteiger partial charge in [-0.05, 0) is 18.1 Å². The first kappa shape index (κ1) is 18.0. The van der Waals surface area contributed by atoms with Crippen molar-refractivity contribution in [3.05, 3.63) is 37.4 Å². The van der Waals surface area contributed by atoms with Crippen molar-refractivity contribution >= 4 is 44.3 Å². The number of aromatic amines is 2. The molecule has 130 valence electrons. The molecule has 0 spiro atoms. The van der Waals surface area contributed by atoms with Crippen LogP contribution >= 0.6 is 11.6 Å². The first-order valence-electron chi connectivity index (χ1n) is 6.73. The van der Waals surface area contributed by atoms with Crippen molar-refractivity contribution in [2.45, 2.75) is 13.3 Å². The van der Waals surface area contributed by atoms with Gasteiger partial charge in [0, 0.05) is 0 Å². The summed E-state index contributed by atoms with van der Waals surface area (Å²) in [6.45, 7) is 0.866. The largest absolute Gasteiger partial charge is 0.480 e. The van der Waals surface area contributed by atoms with E-state index < -0.39 is 33.7 Å². The van der Waals surface area contributed by atoms with E-state index in [0.29, 0.717) is 16.3 Å². The molecule has 0 fully saturated rings. The van der Waals surface area contributed by atoms with Crippen LogP contribution in [0.4, 0.5) is 5.69 Å². The fraction of sp³-hybridized carbons (Fsp3) is 0.308. The Balaban J connectivity index is 3.00. The lowest BCUT2D eigenvalue weighted by Crippen LogP contribution is -2.36. The average molecular weight is 376 g/mol. The van der Waals surface area contributed by atoms with E-state index in [9.17, 15) is 22.8 Å². The van der Waals surface area contributed by atoms with Crippen molar-refractivity contribution < 1.29 is 18.3 Å². The summed E-state index contributed by atoms with van der Waals surface area (Å²) >= 11 is 6.25. The van der Waals surface area contributed by atoms with Gasteiger partial charge < -0.3 is 15.1 Å². The molecule has 0 saturated heterocycles. The highest BCUT2D eigenvalue weighted by Gasteiger charge is 2.27. The highest BCUT2D eigenvalue weighted by Crippen LogP contribution is 2.36. The van der Waals surface area contributed by atoms with E-state index in [4.69, 9.17) is 16.7 Å². The van der Waals surface area contributed by atoms with Crippen LogP contribution in [-0.4, -0.2) is 42.3 Å². The molecule has 2 rings (SSSR count). The lowest BCUT2D eigenvalue weighted by Gasteiger charge is -2.24. The van der Waals surface area contributed by atoms with Crippen LogP contribution in [0.1, 0.15) is 12.5 Å². The van der Waals surface area contributed by atoms with Gasteiger partial charge in [-0.25, -0.2) is 8.42 Å². The number of nitrogens with zero attached hydrogens (tertiary/aromatic N) is 1. The van der Waals surface area contributed by atoms with E-state index in [1.54, 1.807) is 6.92 Å². The third-order valence-electron chi connectivity index (χ3n) is 3.32. The maximum Gasteiger partial charge on any atom is 0.324 e. The number of benzene rings is 1. The summed E-state index contributed by atoms with van der Waals surface area (Å²) in [5.41, 5.74) is -1.54. The van der Waals surface area contributed by atoms with Crippen LogP contribution in [0.2, 0.25) is 5.02 Å². The summed E-state index contributed by atoms with van der Waals surface area (Å²) in [6, 6.07) is 1.50. The number of nitrogens with one attached hydrogen (secondary N) is 2. The molecule has 0 aliphatic heterocycles. The van der Waals surface area contributed by atoms with E-state index >= 15 is 0 Å². The third kappa shape index (κ3) is 3.29. The van der Waals surface area contributed by atoms with Gasteiger partial charge in [-0.15, -0.1) is 0 Å². The predicted octanol–water partition coefficient (Wildman–Crippen LogP) is 0.283. The summed E-state index contributed by atoms with van der Waals surface area (Å²) < 4.78 is 24.7. The number of anilines is 1. The predicted molar refractivity (Wildman–Crippen MR) is 89.4 cm³/mol. The van der Waals surface area contributed by atoms with Crippen LogP contribution in [0, 0.1) is 0 Å². The Bertz CT molecular complexity index is 1040. The van der Waals surface area contributed by atoms with Crippen molar-refractivity contribution in [3.8, 4) is 0 Å². The Morgan fingerprint density at radius 2 is 1.88 bits per heavy atom. The van der Waals surface area contributed by atoms with Crippen molar-refractivity contribution in [2.75, 3.05) is 17.1 Å².